The molecule has 8 heteroatoms. The van der Waals surface area contributed by atoms with Crippen LogP contribution in [0.15, 0.2) is 12.4 Å². The zero-order valence-electron chi connectivity index (χ0n) is 12.1. The SMILES string of the molecule is CCCNc1cncc(C(=O)N2CCCS(=O)(=O)CC2)n1. The van der Waals surface area contributed by atoms with E-state index in [9.17, 15) is 13.2 Å². The molecule has 1 amide bonds. The molecule has 1 saturated heterocycles. The summed E-state index contributed by atoms with van der Waals surface area (Å²) in [6.07, 6.45) is 4.40. The number of anilines is 1. The minimum Gasteiger partial charge on any atom is -0.369 e. The molecule has 0 bridgehead atoms. The Hall–Kier alpha value is -1.70. The molecule has 1 N–H and O–H groups in total. The maximum absolute atomic E-state index is 12.4. The molecular weight excluding hydrogens is 292 g/mol. The van der Waals surface area contributed by atoms with E-state index in [1.54, 1.807) is 6.20 Å². The van der Waals surface area contributed by atoms with Crippen LogP contribution in [0.5, 0.6) is 0 Å². The number of nitrogens with zero attached hydrogens (tertiary/aromatic N) is 3. The highest BCUT2D eigenvalue weighted by Gasteiger charge is 2.24. The first-order valence-corrected chi connectivity index (χ1v) is 8.89. The van der Waals surface area contributed by atoms with Gasteiger partial charge >= 0.3 is 0 Å². The first kappa shape index (κ1) is 15.7. The van der Waals surface area contributed by atoms with Crippen molar-refractivity contribution in [3.8, 4) is 0 Å². The second-order valence-corrected chi connectivity index (χ2v) is 7.32. The summed E-state index contributed by atoms with van der Waals surface area (Å²) in [5.74, 6) is 0.449. The molecule has 0 unspecified atom stereocenters. The number of aromatic nitrogens is 2. The maximum Gasteiger partial charge on any atom is 0.274 e. The van der Waals surface area contributed by atoms with Gasteiger partial charge in [-0.25, -0.2) is 13.4 Å². The number of carbonyl (C=O) groups is 1. The van der Waals surface area contributed by atoms with Crippen molar-refractivity contribution in [3.63, 3.8) is 0 Å². The Morgan fingerprint density at radius 2 is 2.14 bits per heavy atom. The van der Waals surface area contributed by atoms with Crippen molar-refractivity contribution >= 4 is 21.6 Å². The van der Waals surface area contributed by atoms with E-state index in [1.807, 2.05) is 6.92 Å². The van der Waals surface area contributed by atoms with Crippen LogP contribution >= 0.6 is 0 Å². The summed E-state index contributed by atoms with van der Waals surface area (Å²) in [5.41, 5.74) is 0.246. The molecule has 7 nitrogen and oxygen atoms in total. The maximum atomic E-state index is 12.4. The fourth-order valence-electron chi connectivity index (χ4n) is 2.11. The molecule has 0 saturated carbocycles. The molecule has 0 aliphatic carbocycles. The van der Waals surface area contributed by atoms with Crippen LogP contribution in [0.4, 0.5) is 5.82 Å². The van der Waals surface area contributed by atoms with Gasteiger partial charge in [0.05, 0.1) is 23.9 Å². The van der Waals surface area contributed by atoms with Crippen molar-refractivity contribution in [1.29, 1.82) is 0 Å². The highest BCUT2D eigenvalue weighted by Crippen LogP contribution is 2.10. The molecule has 0 radical (unpaired) electrons. The quantitative estimate of drug-likeness (QED) is 0.873. The molecule has 1 aromatic heterocycles. The van der Waals surface area contributed by atoms with Gasteiger partial charge in [-0.3, -0.25) is 9.78 Å². The number of nitrogens with one attached hydrogen (secondary N) is 1. The van der Waals surface area contributed by atoms with Gasteiger partial charge in [-0.2, -0.15) is 0 Å². The molecule has 0 spiro atoms. The van der Waals surface area contributed by atoms with Crippen LogP contribution in [-0.2, 0) is 9.84 Å². The van der Waals surface area contributed by atoms with Crippen LogP contribution in [0.1, 0.15) is 30.3 Å². The summed E-state index contributed by atoms with van der Waals surface area (Å²) in [7, 11) is -3.03. The Bertz CT molecular complexity index is 603. The zero-order valence-corrected chi connectivity index (χ0v) is 12.9. The summed E-state index contributed by atoms with van der Waals surface area (Å²) in [4.78, 5) is 22.2. The number of amides is 1. The van der Waals surface area contributed by atoms with Crippen molar-refractivity contribution in [3.05, 3.63) is 18.1 Å². The van der Waals surface area contributed by atoms with Crippen molar-refractivity contribution in [2.24, 2.45) is 0 Å². The highest BCUT2D eigenvalue weighted by molar-refractivity contribution is 7.91. The van der Waals surface area contributed by atoms with Crippen LogP contribution in [-0.4, -0.2) is 60.3 Å². The van der Waals surface area contributed by atoms with Crippen molar-refractivity contribution < 1.29 is 13.2 Å². The van der Waals surface area contributed by atoms with E-state index in [1.165, 1.54) is 11.1 Å². The Labute approximate surface area is 124 Å². The third-order valence-electron chi connectivity index (χ3n) is 3.25. The molecule has 21 heavy (non-hydrogen) atoms. The molecule has 1 fully saturated rings. The molecule has 2 heterocycles. The fourth-order valence-corrected chi connectivity index (χ4v) is 3.38. The molecule has 1 aliphatic heterocycles. The lowest BCUT2D eigenvalue weighted by atomic mass is 10.3. The third kappa shape index (κ3) is 4.38. The lowest BCUT2D eigenvalue weighted by Crippen LogP contribution is -2.34. The van der Waals surface area contributed by atoms with Crippen LogP contribution in [0.2, 0.25) is 0 Å². The summed E-state index contributed by atoms with van der Waals surface area (Å²) in [6, 6.07) is 0. The predicted octanol–water partition coefficient (Wildman–Crippen LogP) is 0.559. The fraction of sp³-hybridized carbons (Fsp3) is 0.615. The monoisotopic (exact) mass is 312 g/mol. The molecule has 1 aromatic rings. The normalized spacial score (nSPS) is 18.0. The summed E-state index contributed by atoms with van der Waals surface area (Å²) < 4.78 is 23.1. The number of rotatable bonds is 4. The van der Waals surface area contributed by atoms with Gasteiger partial charge in [-0.1, -0.05) is 6.92 Å². The molecular formula is C13H20N4O3S. The molecule has 0 aromatic carbocycles. The first-order chi connectivity index (χ1) is 10.0. The lowest BCUT2D eigenvalue weighted by molar-refractivity contribution is 0.0762. The van der Waals surface area contributed by atoms with E-state index < -0.39 is 9.84 Å². The van der Waals surface area contributed by atoms with Gasteiger partial charge in [0.25, 0.3) is 5.91 Å². The van der Waals surface area contributed by atoms with Gasteiger partial charge < -0.3 is 10.2 Å². The summed E-state index contributed by atoms with van der Waals surface area (Å²) in [6.45, 7) is 3.45. The van der Waals surface area contributed by atoms with Gasteiger partial charge in [-0.15, -0.1) is 0 Å². The Kier molecular flexibility index (Phi) is 5.11. The minimum absolute atomic E-state index is 0.0138. The van der Waals surface area contributed by atoms with Crippen LogP contribution in [0, 0.1) is 0 Å². The number of hydrogen-bond donors (Lipinski definition) is 1. The summed E-state index contributed by atoms with van der Waals surface area (Å²) >= 11 is 0. The second-order valence-electron chi connectivity index (χ2n) is 5.01. The van der Waals surface area contributed by atoms with Crippen LogP contribution in [0.25, 0.3) is 0 Å². The van der Waals surface area contributed by atoms with Gasteiger partial charge in [-0.05, 0) is 12.8 Å². The van der Waals surface area contributed by atoms with Crippen LogP contribution in [0.3, 0.4) is 0 Å². The van der Waals surface area contributed by atoms with Crippen molar-refractivity contribution in [1.82, 2.24) is 14.9 Å². The van der Waals surface area contributed by atoms with E-state index in [0.717, 1.165) is 13.0 Å². The lowest BCUT2D eigenvalue weighted by Gasteiger charge is -2.19. The average molecular weight is 312 g/mol. The van der Waals surface area contributed by atoms with E-state index >= 15 is 0 Å². The van der Waals surface area contributed by atoms with Gasteiger partial charge in [0.15, 0.2) is 9.84 Å². The molecule has 0 atom stereocenters. The number of sulfone groups is 1. The van der Waals surface area contributed by atoms with E-state index in [0.29, 0.717) is 18.8 Å². The third-order valence-corrected chi connectivity index (χ3v) is 4.97. The van der Waals surface area contributed by atoms with E-state index in [2.05, 4.69) is 15.3 Å². The highest BCUT2D eigenvalue weighted by atomic mass is 32.2. The average Bonchev–Trinajstić information content (AvgIpc) is 2.65. The number of hydrogen-bond acceptors (Lipinski definition) is 6. The molecule has 1 aliphatic rings. The van der Waals surface area contributed by atoms with E-state index in [-0.39, 0.29) is 29.7 Å². The van der Waals surface area contributed by atoms with Gasteiger partial charge in [0.2, 0.25) is 0 Å². The Morgan fingerprint density at radius 1 is 1.33 bits per heavy atom. The predicted molar refractivity (Wildman–Crippen MR) is 80.0 cm³/mol. The van der Waals surface area contributed by atoms with Gasteiger partial charge in [0.1, 0.15) is 11.5 Å². The van der Waals surface area contributed by atoms with Crippen molar-refractivity contribution in [2.75, 3.05) is 36.5 Å². The van der Waals surface area contributed by atoms with Crippen LogP contribution < -0.4 is 5.32 Å². The minimum atomic E-state index is -3.03. The second kappa shape index (κ2) is 6.84. The summed E-state index contributed by atoms with van der Waals surface area (Å²) in [5, 5.41) is 3.08. The standard InChI is InChI=1S/C13H20N4O3S/c1-2-4-15-12-10-14-9-11(16-12)13(18)17-5-3-7-21(19,20)8-6-17/h9-10H,2-8H2,1H3,(H,15,16). The largest absolute Gasteiger partial charge is 0.369 e. The smallest absolute Gasteiger partial charge is 0.274 e. The Balaban J connectivity index is 2.08. The first-order valence-electron chi connectivity index (χ1n) is 7.07. The topological polar surface area (TPSA) is 92.3 Å². The molecule has 2 rings (SSSR count). The number of carbonyl (C=O) groups excluding carboxylic acids is 1. The van der Waals surface area contributed by atoms with Crippen molar-refractivity contribution in [2.45, 2.75) is 19.8 Å². The Morgan fingerprint density at radius 3 is 2.90 bits per heavy atom. The molecule has 116 valence electrons. The zero-order chi connectivity index (χ0) is 15.3. The van der Waals surface area contributed by atoms with Gasteiger partial charge in [0, 0.05) is 19.6 Å². The van der Waals surface area contributed by atoms with E-state index in [4.69, 9.17) is 0 Å².